The quantitative estimate of drug-likeness (QED) is 0.751. The minimum absolute atomic E-state index is 0.107. The average Bonchev–Trinajstić information content (AvgIpc) is 2.47. The fourth-order valence-electron chi connectivity index (χ4n) is 1.11. The fourth-order valence-corrected chi connectivity index (χ4v) is 2.02. The molecule has 2 nitrogen and oxygen atoms in total. The second-order valence-electron chi connectivity index (χ2n) is 2.92. The lowest BCUT2D eigenvalue weighted by molar-refractivity contribution is 0.280. The Bertz CT molecular complexity index is 234. The number of hydrogen-bond donors (Lipinski definition) is 2. The molecule has 1 rings (SSSR count). The number of hydrogen-bond acceptors (Lipinski definition) is 3. The minimum Gasteiger partial charge on any atom is -0.396 e. The molecule has 0 aromatic carbocycles. The van der Waals surface area contributed by atoms with Crippen molar-refractivity contribution in [2.45, 2.75) is 25.8 Å². The van der Waals surface area contributed by atoms with Crippen molar-refractivity contribution in [3.63, 3.8) is 0 Å². The van der Waals surface area contributed by atoms with Gasteiger partial charge in [-0.25, -0.2) is 0 Å². The zero-order chi connectivity index (χ0) is 8.97. The van der Waals surface area contributed by atoms with Gasteiger partial charge in [-0.05, 0) is 31.9 Å². The Kier molecular flexibility index (Phi) is 3.72. The van der Waals surface area contributed by atoms with Gasteiger partial charge in [-0.1, -0.05) is 0 Å². The van der Waals surface area contributed by atoms with Gasteiger partial charge in [-0.2, -0.15) is 0 Å². The van der Waals surface area contributed by atoms with Crippen molar-refractivity contribution in [1.82, 2.24) is 0 Å². The number of thiophene rings is 1. The summed E-state index contributed by atoms with van der Waals surface area (Å²) in [6.45, 7) is 2.31. The molecule has 3 N–H and O–H groups in total. The zero-order valence-electron chi connectivity index (χ0n) is 7.29. The topological polar surface area (TPSA) is 46.2 Å². The number of aliphatic hydroxyl groups is 1. The molecule has 0 fully saturated rings. The summed E-state index contributed by atoms with van der Waals surface area (Å²) >= 11 is 1.74. The van der Waals surface area contributed by atoms with Gasteiger partial charge in [-0.15, -0.1) is 11.3 Å². The van der Waals surface area contributed by atoms with Gasteiger partial charge in [-0.3, -0.25) is 0 Å². The molecule has 0 aliphatic carbocycles. The lowest BCUT2D eigenvalue weighted by atomic mass is 10.1. The molecular weight excluding hydrogens is 170 g/mol. The third-order valence-electron chi connectivity index (χ3n) is 1.80. The highest BCUT2D eigenvalue weighted by molar-refractivity contribution is 7.12. The standard InChI is InChI=1S/C9H15NOS/c1-7-4-5-9(12-7)8(10)3-2-6-11/h4-5,8,11H,2-3,6,10H2,1H3/t8-/m1/s1. The number of nitrogens with two attached hydrogens (primary N) is 1. The maximum absolute atomic E-state index is 8.62. The third kappa shape index (κ3) is 2.59. The fraction of sp³-hybridized carbons (Fsp3) is 0.556. The van der Waals surface area contributed by atoms with Crippen LogP contribution in [0, 0.1) is 6.92 Å². The van der Waals surface area contributed by atoms with Crippen molar-refractivity contribution in [2.75, 3.05) is 6.61 Å². The summed E-state index contributed by atoms with van der Waals surface area (Å²) in [5.41, 5.74) is 5.89. The molecule has 1 aromatic heterocycles. The molecule has 0 aliphatic rings. The first-order chi connectivity index (χ1) is 5.74. The first kappa shape index (κ1) is 9.71. The summed E-state index contributed by atoms with van der Waals surface area (Å²) in [7, 11) is 0. The molecule has 0 saturated heterocycles. The van der Waals surface area contributed by atoms with Gasteiger partial charge in [0.2, 0.25) is 0 Å². The summed E-state index contributed by atoms with van der Waals surface area (Å²) < 4.78 is 0. The van der Waals surface area contributed by atoms with E-state index >= 15 is 0 Å². The largest absolute Gasteiger partial charge is 0.396 e. The highest BCUT2D eigenvalue weighted by atomic mass is 32.1. The Labute approximate surface area is 77.0 Å². The van der Waals surface area contributed by atoms with E-state index in [0.29, 0.717) is 0 Å². The van der Waals surface area contributed by atoms with Crippen molar-refractivity contribution >= 4 is 11.3 Å². The monoisotopic (exact) mass is 185 g/mol. The van der Waals surface area contributed by atoms with E-state index in [1.807, 2.05) is 0 Å². The van der Waals surface area contributed by atoms with Crippen molar-refractivity contribution in [3.05, 3.63) is 21.9 Å². The van der Waals surface area contributed by atoms with Crippen LogP contribution in [-0.4, -0.2) is 11.7 Å². The molecule has 0 unspecified atom stereocenters. The second-order valence-corrected chi connectivity index (χ2v) is 4.24. The average molecular weight is 185 g/mol. The van der Waals surface area contributed by atoms with Crippen molar-refractivity contribution in [1.29, 1.82) is 0 Å². The van der Waals surface area contributed by atoms with E-state index in [1.54, 1.807) is 11.3 Å². The van der Waals surface area contributed by atoms with Crippen LogP contribution in [0.5, 0.6) is 0 Å². The first-order valence-electron chi connectivity index (χ1n) is 4.17. The van der Waals surface area contributed by atoms with E-state index in [2.05, 4.69) is 19.1 Å². The van der Waals surface area contributed by atoms with E-state index in [-0.39, 0.29) is 12.6 Å². The van der Waals surface area contributed by atoms with E-state index in [0.717, 1.165) is 12.8 Å². The Morgan fingerprint density at radius 2 is 2.33 bits per heavy atom. The normalized spacial score (nSPS) is 13.2. The summed E-state index contributed by atoms with van der Waals surface area (Å²) in [5.74, 6) is 0. The van der Waals surface area contributed by atoms with Gasteiger partial charge >= 0.3 is 0 Å². The number of aryl methyl sites for hydroxylation is 1. The molecule has 12 heavy (non-hydrogen) atoms. The zero-order valence-corrected chi connectivity index (χ0v) is 8.10. The Hall–Kier alpha value is -0.380. The first-order valence-corrected chi connectivity index (χ1v) is 4.98. The predicted molar refractivity (Wildman–Crippen MR) is 52.3 cm³/mol. The van der Waals surface area contributed by atoms with Gasteiger partial charge in [0.1, 0.15) is 0 Å². The highest BCUT2D eigenvalue weighted by Gasteiger charge is 2.06. The van der Waals surface area contributed by atoms with Crippen LogP contribution in [0.4, 0.5) is 0 Å². The van der Waals surface area contributed by atoms with Gasteiger partial charge in [0.15, 0.2) is 0 Å². The Morgan fingerprint density at radius 3 is 2.83 bits per heavy atom. The van der Waals surface area contributed by atoms with E-state index in [1.165, 1.54) is 9.75 Å². The van der Waals surface area contributed by atoms with Gasteiger partial charge in [0, 0.05) is 22.4 Å². The van der Waals surface area contributed by atoms with Crippen LogP contribution in [0.1, 0.15) is 28.6 Å². The van der Waals surface area contributed by atoms with Crippen LogP contribution < -0.4 is 5.73 Å². The Morgan fingerprint density at radius 1 is 1.58 bits per heavy atom. The Balaban J connectivity index is 2.47. The van der Waals surface area contributed by atoms with Gasteiger partial charge in [0.05, 0.1) is 0 Å². The van der Waals surface area contributed by atoms with Crippen LogP contribution in [0.2, 0.25) is 0 Å². The molecule has 3 heteroatoms. The van der Waals surface area contributed by atoms with Crippen LogP contribution in [0.3, 0.4) is 0 Å². The summed E-state index contributed by atoms with van der Waals surface area (Å²) in [4.78, 5) is 2.52. The van der Waals surface area contributed by atoms with E-state index in [4.69, 9.17) is 10.8 Å². The SMILES string of the molecule is Cc1ccc([C@H](N)CCCO)s1. The molecule has 1 heterocycles. The van der Waals surface area contributed by atoms with Crippen LogP contribution in [0.25, 0.3) is 0 Å². The third-order valence-corrected chi connectivity index (χ3v) is 2.93. The van der Waals surface area contributed by atoms with E-state index in [9.17, 15) is 0 Å². The maximum Gasteiger partial charge on any atom is 0.0431 e. The van der Waals surface area contributed by atoms with Crippen LogP contribution in [-0.2, 0) is 0 Å². The van der Waals surface area contributed by atoms with Gasteiger partial charge in [0.25, 0.3) is 0 Å². The van der Waals surface area contributed by atoms with E-state index < -0.39 is 0 Å². The molecule has 1 aromatic rings. The lowest BCUT2D eigenvalue weighted by Gasteiger charge is -2.06. The molecule has 0 amide bonds. The summed E-state index contributed by atoms with van der Waals surface area (Å²) in [6, 6.07) is 4.26. The molecule has 0 saturated carbocycles. The molecule has 0 aliphatic heterocycles. The molecule has 0 bridgehead atoms. The summed E-state index contributed by atoms with van der Waals surface area (Å²) in [6.07, 6.45) is 1.66. The predicted octanol–water partition coefficient (Wildman–Crippen LogP) is 1.83. The number of aliphatic hydroxyl groups excluding tert-OH is 1. The van der Waals surface area contributed by atoms with Crippen LogP contribution >= 0.6 is 11.3 Å². The molecule has 68 valence electrons. The maximum atomic E-state index is 8.62. The molecule has 0 radical (unpaired) electrons. The lowest BCUT2D eigenvalue weighted by Crippen LogP contribution is -2.08. The van der Waals surface area contributed by atoms with Crippen molar-refractivity contribution < 1.29 is 5.11 Å². The smallest absolute Gasteiger partial charge is 0.0431 e. The highest BCUT2D eigenvalue weighted by Crippen LogP contribution is 2.23. The van der Waals surface area contributed by atoms with Crippen molar-refractivity contribution in [3.8, 4) is 0 Å². The molecular formula is C9H15NOS. The summed E-state index contributed by atoms with van der Waals surface area (Å²) in [5, 5.41) is 8.62. The second kappa shape index (κ2) is 4.60. The minimum atomic E-state index is 0.107. The van der Waals surface area contributed by atoms with Gasteiger partial charge < -0.3 is 10.8 Å². The van der Waals surface area contributed by atoms with Crippen molar-refractivity contribution in [2.24, 2.45) is 5.73 Å². The molecule has 0 spiro atoms. The number of rotatable bonds is 4. The molecule has 1 atom stereocenters. The van der Waals surface area contributed by atoms with Crippen LogP contribution in [0.15, 0.2) is 12.1 Å².